The molecule has 0 aliphatic rings. The fourth-order valence-electron chi connectivity index (χ4n) is 0.982. The summed E-state index contributed by atoms with van der Waals surface area (Å²) < 4.78 is 26.1. The molecule has 0 spiro atoms. The molecule has 98 valence electrons. The molecule has 0 aliphatic heterocycles. The van der Waals surface area contributed by atoms with Crippen LogP contribution >= 0.6 is 22.9 Å². The normalized spacial score (nSPS) is 12.9. The first kappa shape index (κ1) is 14.7. The number of aliphatic hydroxyl groups is 2. The van der Waals surface area contributed by atoms with E-state index in [2.05, 4.69) is 4.72 Å². The average Bonchev–Trinajstić information content (AvgIpc) is 2.59. The van der Waals surface area contributed by atoms with Gasteiger partial charge >= 0.3 is 0 Å². The first-order chi connectivity index (χ1) is 7.74. The number of halogens is 1. The molecule has 9 heteroatoms. The Hall–Kier alpha value is -0.380. The maximum atomic E-state index is 11.9. The number of anilines is 1. The van der Waals surface area contributed by atoms with Crippen LogP contribution in [0.3, 0.4) is 0 Å². The molecule has 0 aromatic carbocycles. The van der Waals surface area contributed by atoms with Crippen LogP contribution < -0.4 is 10.5 Å². The van der Waals surface area contributed by atoms with Crippen molar-refractivity contribution in [3.05, 3.63) is 10.4 Å². The number of rotatable bonds is 5. The Labute approximate surface area is 108 Å². The van der Waals surface area contributed by atoms with Gasteiger partial charge in [0.15, 0.2) is 0 Å². The molecule has 0 unspecified atom stereocenters. The second-order valence-corrected chi connectivity index (χ2v) is 7.34. The molecule has 0 radical (unpaired) electrons. The predicted molar refractivity (Wildman–Crippen MR) is 66.6 cm³/mol. The number of hydrogen-bond acceptors (Lipinski definition) is 6. The molecule has 6 nitrogen and oxygen atoms in total. The predicted octanol–water partition coefficient (Wildman–Crippen LogP) is 0.00530. The first-order valence-electron chi connectivity index (χ1n) is 4.54. The fourth-order valence-corrected chi connectivity index (χ4v) is 3.94. The van der Waals surface area contributed by atoms with Gasteiger partial charge in [0.25, 0.3) is 10.0 Å². The summed E-state index contributed by atoms with van der Waals surface area (Å²) in [6.07, 6.45) is 0. The van der Waals surface area contributed by atoms with Gasteiger partial charge in [-0.05, 0) is 13.0 Å². The Morgan fingerprint density at radius 3 is 2.41 bits per heavy atom. The van der Waals surface area contributed by atoms with E-state index in [4.69, 9.17) is 27.5 Å². The number of thiophene rings is 1. The molecule has 17 heavy (non-hydrogen) atoms. The van der Waals surface area contributed by atoms with Crippen molar-refractivity contribution < 1.29 is 18.6 Å². The molecule has 0 aliphatic carbocycles. The van der Waals surface area contributed by atoms with Gasteiger partial charge in [-0.3, -0.25) is 0 Å². The summed E-state index contributed by atoms with van der Waals surface area (Å²) in [6.45, 7) is 0.317. The van der Waals surface area contributed by atoms with Crippen molar-refractivity contribution in [2.24, 2.45) is 0 Å². The van der Waals surface area contributed by atoms with Gasteiger partial charge in [0, 0.05) is 0 Å². The smallest absolute Gasteiger partial charge is 0.250 e. The summed E-state index contributed by atoms with van der Waals surface area (Å²) >= 11 is 6.49. The summed E-state index contributed by atoms with van der Waals surface area (Å²) in [4.78, 5) is 0. The Morgan fingerprint density at radius 1 is 1.53 bits per heavy atom. The minimum Gasteiger partial charge on any atom is -0.397 e. The lowest BCUT2D eigenvalue weighted by Gasteiger charge is -2.25. The summed E-state index contributed by atoms with van der Waals surface area (Å²) in [5.41, 5.74) is 4.30. The zero-order valence-corrected chi connectivity index (χ0v) is 11.4. The number of nitrogen functional groups attached to an aromatic ring is 1. The van der Waals surface area contributed by atoms with E-state index in [-0.39, 0.29) is 14.2 Å². The third-order valence-electron chi connectivity index (χ3n) is 2.03. The monoisotopic (exact) mass is 300 g/mol. The summed E-state index contributed by atoms with van der Waals surface area (Å²) in [5.74, 6) is 0. The number of hydrogen-bond donors (Lipinski definition) is 4. The molecule has 1 rings (SSSR count). The van der Waals surface area contributed by atoms with E-state index in [1.165, 1.54) is 13.0 Å². The molecule has 0 fully saturated rings. The topological polar surface area (TPSA) is 113 Å². The second-order valence-electron chi connectivity index (χ2n) is 3.78. The average molecular weight is 301 g/mol. The molecule has 1 aromatic rings. The van der Waals surface area contributed by atoms with E-state index in [0.717, 1.165) is 11.3 Å². The highest BCUT2D eigenvalue weighted by atomic mass is 35.5. The van der Waals surface area contributed by atoms with Crippen LogP contribution in [-0.2, 0) is 10.0 Å². The van der Waals surface area contributed by atoms with E-state index in [1.54, 1.807) is 0 Å². The van der Waals surface area contributed by atoms with Crippen molar-refractivity contribution in [2.45, 2.75) is 16.7 Å². The molecule has 0 saturated heterocycles. The second kappa shape index (κ2) is 5.09. The van der Waals surface area contributed by atoms with Crippen LogP contribution in [0, 0.1) is 0 Å². The first-order valence-corrected chi connectivity index (χ1v) is 7.22. The maximum Gasteiger partial charge on any atom is 0.250 e. The zero-order valence-electron chi connectivity index (χ0n) is 8.97. The van der Waals surface area contributed by atoms with Crippen molar-refractivity contribution in [2.75, 3.05) is 18.9 Å². The lowest BCUT2D eigenvalue weighted by molar-refractivity contribution is 0.122. The quantitative estimate of drug-likeness (QED) is 0.612. The Morgan fingerprint density at radius 2 is 2.06 bits per heavy atom. The minimum atomic E-state index is -3.86. The van der Waals surface area contributed by atoms with Crippen molar-refractivity contribution in [3.8, 4) is 0 Å². The summed E-state index contributed by atoms with van der Waals surface area (Å²) in [5, 5.41) is 18.0. The molecular formula is C8H13ClN2O4S2. The number of nitrogens with two attached hydrogens (primary N) is 1. The largest absolute Gasteiger partial charge is 0.397 e. The number of aliphatic hydroxyl groups excluding tert-OH is 2. The number of nitrogens with one attached hydrogen (secondary N) is 1. The lowest BCUT2D eigenvalue weighted by Crippen LogP contribution is -2.51. The van der Waals surface area contributed by atoms with Crippen LogP contribution in [0.15, 0.2) is 10.3 Å². The van der Waals surface area contributed by atoms with Gasteiger partial charge in [-0.15, -0.1) is 11.3 Å². The van der Waals surface area contributed by atoms with Gasteiger partial charge in [0.05, 0.1) is 24.4 Å². The summed E-state index contributed by atoms with van der Waals surface area (Å²) in [6, 6.07) is 1.23. The van der Waals surface area contributed by atoms with Crippen LogP contribution in [0.2, 0.25) is 4.34 Å². The van der Waals surface area contributed by atoms with Crippen molar-refractivity contribution >= 4 is 38.6 Å². The molecule has 5 N–H and O–H groups in total. The Balaban J connectivity index is 3.04. The van der Waals surface area contributed by atoms with Crippen molar-refractivity contribution in [3.63, 3.8) is 0 Å². The van der Waals surface area contributed by atoms with E-state index in [0.29, 0.717) is 0 Å². The van der Waals surface area contributed by atoms with Gasteiger partial charge in [-0.1, -0.05) is 11.6 Å². The highest BCUT2D eigenvalue weighted by Crippen LogP contribution is 2.32. The third kappa shape index (κ3) is 3.30. The standard InChI is InChI=1S/C8H13ClN2O4S2/c1-8(3-12,4-13)11-17(14,15)6-2-5(10)7(9)16-6/h2,11-13H,3-4,10H2,1H3. The molecule has 0 saturated carbocycles. The van der Waals surface area contributed by atoms with Crippen LogP contribution in [0.5, 0.6) is 0 Å². The maximum absolute atomic E-state index is 11.9. The van der Waals surface area contributed by atoms with Crippen molar-refractivity contribution in [1.82, 2.24) is 4.72 Å². The minimum absolute atomic E-state index is 0.0619. The highest BCUT2D eigenvalue weighted by molar-refractivity contribution is 7.91. The van der Waals surface area contributed by atoms with Crippen LogP contribution in [0.25, 0.3) is 0 Å². The Bertz CT molecular complexity index is 476. The SMILES string of the molecule is CC(CO)(CO)NS(=O)(=O)c1cc(N)c(Cl)s1. The van der Waals surface area contributed by atoms with E-state index in [9.17, 15) is 8.42 Å². The number of sulfonamides is 1. The molecular weight excluding hydrogens is 288 g/mol. The van der Waals surface area contributed by atoms with Gasteiger partial charge in [-0.2, -0.15) is 4.72 Å². The highest BCUT2D eigenvalue weighted by Gasteiger charge is 2.30. The van der Waals surface area contributed by atoms with Gasteiger partial charge < -0.3 is 15.9 Å². The zero-order chi connectivity index (χ0) is 13.3. The summed E-state index contributed by atoms with van der Waals surface area (Å²) in [7, 11) is -3.86. The van der Waals surface area contributed by atoms with Gasteiger partial charge in [0.1, 0.15) is 8.55 Å². The molecule has 1 heterocycles. The van der Waals surface area contributed by atoms with E-state index >= 15 is 0 Å². The van der Waals surface area contributed by atoms with Crippen LogP contribution in [-0.4, -0.2) is 37.4 Å². The van der Waals surface area contributed by atoms with E-state index < -0.39 is 28.8 Å². The van der Waals surface area contributed by atoms with Crippen LogP contribution in [0.1, 0.15) is 6.92 Å². The Kier molecular flexibility index (Phi) is 4.39. The third-order valence-corrected chi connectivity index (χ3v) is 5.54. The van der Waals surface area contributed by atoms with Gasteiger partial charge in [-0.25, -0.2) is 8.42 Å². The van der Waals surface area contributed by atoms with Gasteiger partial charge in [0.2, 0.25) is 0 Å². The lowest BCUT2D eigenvalue weighted by atomic mass is 10.1. The van der Waals surface area contributed by atoms with Crippen molar-refractivity contribution in [1.29, 1.82) is 0 Å². The molecule has 1 aromatic heterocycles. The van der Waals surface area contributed by atoms with E-state index in [1.807, 2.05) is 0 Å². The molecule has 0 atom stereocenters. The molecule has 0 amide bonds. The molecule has 0 bridgehead atoms. The fraction of sp³-hybridized carbons (Fsp3) is 0.500. The van der Waals surface area contributed by atoms with Crippen LogP contribution in [0.4, 0.5) is 5.69 Å².